The van der Waals surface area contributed by atoms with E-state index in [0.717, 1.165) is 12.1 Å². The molecule has 0 bridgehead atoms. The number of carbonyl (C=O) groups is 1. The summed E-state index contributed by atoms with van der Waals surface area (Å²) in [5.74, 6) is -0.955. The van der Waals surface area contributed by atoms with Crippen LogP contribution in [0, 0.1) is 11.2 Å². The van der Waals surface area contributed by atoms with Gasteiger partial charge in [-0.05, 0) is 37.6 Å². The van der Waals surface area contributed by atoms with E-state index in [1.807, 2.05) is 6.92 Å². The lowest BCUT2D eigenvalue weighted by Crippen LogP contribution is -2.26. The maximum Gasteiger partial charge on any atom is 0.316 e. The normalized spacial score (nSPS) is 18.3. The molecule has 1 amide bonds. The minimum Gasteiger partial charge on any atom is -0.463 e. The number of ether oxygens (including phenoxy) is 2. The molecule has 2 aromatic carbocycles. The first-order chi connectivity index (χ1) is 17.7. The molecule has 2 atom stereocenters. The fraction of sp³-hybridized carbons (Fsp3) is 0.385. The Hall–Kier alpha value is -3.83. The highest BCUT2D eigenvalue weighted by molar-refractivity contribution is 6.14. The number of nitrogens with one attached hydrogen (secondary N) is 2. The summed E-state index contributed by atoms with van der Waals surface area (Å²) in [4.78, 5) is 22.4. The van der Waals surface area contributed by atoms with Crippen molar-refractivity contribution in [3.05, 3.63) is 48.0 Å². The van der Waals surface area contributed by atoms with E-state index < -0.39 is 11.7 Å². The Morgan fingerprint density at radius 2 is 2.19 bits per heavy atom. The second-order valence-corrected chi connectivity index (χ2v) is 9.99. The summed E-state index contributed by atoms with van der Waals surface area (Å²) in [6, 6.07) is 6.48. The Morgan fingerprint density at radius 3 is 2.95 bits per heavy atom. The van der Waals surface area contributed by atoms with E-state index in [0.29, 0.717) is 53.9 Å². The molecule has 4 N–H and O–H groups in total. The topological polar surface area (TPSA) is 129 Å². The van der Waals surface area contributed by atoms with Crippen molar-refractivity contribution >= 4 is 39.1 Å². The number of amides is 1. The maximum absolute atomic E-state index is 14.6. The summed E-state index contributed by atoms with van der Waals surface area (Å²) in [6.45, 7) is 6.22. The lowest BCUT2D eigenvalue weighted by Gasteiger charge is -2.21. The van der Waals surface area contributed by atoms with Crippen molar-refractivity contribution in [1.29, 1.82) is 0 Å². The summed E-state index contributed by atoms with van der Waals surface area (Å²) in [5, 5.41) is 11.4. The van der Waals surface area contributed by atoms with Gasteiger partial charge in [0, 0.05) is 66.2 Å². The SMILES string of the molecule is C[C@H](N)CNc1ccc(C(=O)Nc2cc(F)c3nn(C)cc3c2)c2nc(OCC3(C)CCOC3)ncc12. The van der Waals surface area contributed by atoms with Gasteiger partial charge < -0.3 is 25.8 Å². The maximum atomic E-state index is 14.6. The first kappa shape index (κ1) is 24.8. The molecule has 5 rings (SSSR count). The monoisotopic (exact) mass is 507 g/mol. The number of benzene rings is 2. The standard InChI is InChI=1S/C26H30FN7O3/c1-15(28)10-29-21-5-4-18(24(35)31-17-8-16-12-34(3)33-22(16)20(27)9-17)23-19(21)11-30-25(32-23)37-14-26(2)6-7-36-13-26/h4-5,8-9,11-12,15,29H,6-7,10,13-14,28H2,1-3H3,(H,31,35)/t15-,26?/m0/s1. The van der Waals surface area contributed by atoms with Gasteiger partial charge in [-0.3, -0.25) is 9.48 Å². The predicted octanol–water partition coefficient (Wildman–Crippen LogP) is 3.47. The molecule has 0 aliphatic carbocycles. The number of hydrogen-bond acceptors (Lipinski definition) is 8. The van der Waals surface area contributed by atoms with Gasteiger partial charge >= 0.3 is 6.01 Å². The lowest BCUT2D eigenvalue weighted by molar-refractivity contribution is 0.102. The van der Waals surface area contributed by atoms with Crippen LogP contribution < -0.4 is 21.1 Å². The molecule has 0 radical (unpaired) electrons. The zero-order chi connectivity index (χ0) is 26.2. The number of hydrogen-bond donors (Lipinski definition) is 3. The van der Waals surface area contributed by atoms with Gasteiger partial charge in [-0.1, -0.05) is 6.92 Å². The first-order valence-electron chi connectivity index (χ1n) is 12.1. The van der Waals surface area contributed by atoms with Crippen LogP contribution in [0.25, 0.3) is 21.8 Å². The van der Waals surface area contributed by atoms with E-state index in [1.165, 1.54) is 10.7 Å². The molecule has 1 unspecified atom stereocenters. The zero-order valence-electron chi connectivity index (χ0n) is 21.0. The lowest BCUT2D eigenvalue weighted by atomic mass is 9.91. The third-order valence-electron chi connectivity index (χ3n) is 6.37. The van der Waals surface area contributed by atoms with Crippen LogP contribution >= 0.6 is 0 Å². The molecule has 10 nitrogen and oxygen atoms in total. The number of rotatable bonds is 8. The van der Waals surface area contributed by atoms with Crippen LogP contribution in [0.5, 0.6) is 6.01 Å². The van der Waals surface area contributed by atoms with Crippen LogP contribution in [0.3, 0.4) is 0 Å². The van der Waals surface area contributed by atoms with E-state index in [9.17, 15) is 9.18 Å². The van der Waals surface area contributed by atoms with Gasteiger partial charge in [0.05, 0.1) is 24.3 Å². The molecule has 1 aliphatic heterocycles. The molecule has 194 valence electrons. The average molecular weight is 508 g/mol. The number of aromatic nitrogens is 4. The predicted molar refractivity (Wildman–Crippen MR) is 139 cm³/mol. The van der Waals surface area contributed by atoms with Crippen LogP contribution in [0.2, 0.25) is 0 Å². The number of aryl methyl sites for hydroxylation is 1. The minimum absolute atomic E-state index is 0.0757. The molecule has 0 spiro atoms. The van der Waals surface area contributed by atoms with Gasteiger partial charge in [-0.2, -0.15) is 10.1 Å². The number of anilines is 2. The van der Waals surface area contributed by atoms with Gasteiger partial charge in [0.25, 0.3) is 5.91 Å². The molecule has 1 saturated heterocycles. The second-order valence-electron chi connectivity index (χ2n) is 9.99. The van der Waals surface area contributed by atoms with E-state index in [-0.39, 0.29) is 23.0 Å². The molecule has 1 fully saturated rings. The van der Waals surface area contributed by atoms with Crippen molar-refractivity contribution < 1.29 is 18.7 Å². The van der Waals surface area contributed by atoms with Crippen LogP contribution in [0.4, 0.5) is 15.8 Å². The summed E-state index contributed by atoms with van der Waals surface area (Å²) in [5.41, 5.74) is 7.81. The quantitative estimate of drug-likeness (QED) is 0.331. The molecule has 11 heteroatoms. The Labute approximate surface area is 213 Å². The molecular weight excluding hydrogens is 477 g/mol. The molecule has 37 heavy (non-hydrogen) atoms. The molecule has 4 aromatic rings. The summed E-state index contributed by atoms with van der Waals surface area (Å²) < 4.78 is 27.5. The molecule has 1 aliphatic rings. The fourth-order valence-electron chi connectivity index (χ4n) is 4.33. The van der Waals surface area contributed by atoms with Crippen molar-refractivity contribution in [3.63, 3.8) is 0 Å². The highest BCUT2D eigenvalue weighted by Crippen LogP contribution is 2.30. The number of fused-ring (bicyclic) bond motifs is 2. The summed E-state index contributed by atoms with van der Waals surface area (Å²) >= 11 is 0. The van der Waals surface area contributed by atoms with Gasteiger partial charge in [0.2, 0.25) is 0 Å². The molecule has 0 saturated carbocycles. The fourth-order valence-corrected chi connectivity index (χ4v) is 4.33. The van der Waals surface area contributed by atoms with Crippen molar-refractivity contribution in [2.75, 3.05) is 37.0 Å². The van der Waals surface area contributed by atoms with Crippen LogP contribution in [0.1, 0.15) is 30.6 Å². The Kier molecular flexibility index (Phi) is 6.65. The largest absolute Gasteiger partial charge is 0.463 e. The van der Waals surface area contributed by atoms with Crippen LogP contribution in [-0.4, -0.2) is 58.1 Å². The zero-order valence-corrected chi connectivity index (χ0v) is 21.0. The van der Waals surface area contributed by atoms with Crippen molar-refractivity contribution in [2.45, 2.75) is 26.3 Å². The van der Waals surface area contributed by atoms with E-state index in [4.69, 9.17) is 15.2 Å². The van der Waals surface area contributed by atoms with Crippen LogP contribution in [0.15, 0.2) is 36.7 Å². The second kappa shape index (κ2) is 9.91. The van der Waals surface area contributed by atoms with Crippen molar-refractivity contribution in [1.82, 2.24) is 19.7 Å². The van der Waals surface area contributed by atoms with Gasteiger partial charge in [0.1, 0.15) is 5.52 Å². The Morgan fingerprint density at radius 1 is 1.35 bits per heavy atom. The highest BCUT2D eigenvalue weighted by atomic mass is 19.1. The van der Waals surface area contributed by atoms with Crippen LogP contribution in [-0.2, 0) is 11.8 Å². The molecule has 3 heterocycles. The number of halogens is 1. The third-order valence-corrected chi connectivity index (χ3v) is 6.37. The van der Waals surface area contributed by atoms with Crippen molar-refractivity contribution in [2.24, 2.45) is 18.2 Å². The van der Waals surface area contributed by atoms with Gasteiger partial charge in [-0.15, -0.1) is 0 Å². The van der Waals surface area contributed by atoms with Crippen molar-refractivity contribution in [3.8, 4) is 6.01 Å². The number of nitrogens with zero attached hydrogens (tertiary/aromatic N) is 4. The van der Waals surface area contributed by atoms with E-state index >= 15 is 0 Å². The summed E-state index contributed by atoms with van der Waals surface area (Å²) in [7, 11) is 1.71. The third kappa shape index (κ3) is 5.32. The smallest absolute Gasteiger partial charge is 0.316 e. The molecular formula is C26H30FN7O3. The van der Waals surface area contributed by atoms with Gasteiger partial charge in [-0.25, -0.2) is 9.37 Å². The van der Waals surface area contributed by atoms with Gasteiger partial charge in [0.15, 0.2) is 5.82 Å². The van der Waals surface area contributed by atoms with E-state index in [1.54, 1.807) is 37.6 Å². The Bertz CT molecular complexity index is 1460. The Balaban J connectivity index is 1.48. The highest BCUT2D eigenvalue weighted by Gasteiger charge is 2.31. The molecule has 2 aromatic heterocycles. The summed E-state index contributed by atoms with van der Waals surface area (Å²) in [6.07, 6.45) is 4.21. The number of nitrogens with two attached hydrogens (primary N) is 1. The average Bonchev–Trinajstić information content (AvgIpc) is 3.46. The number of carbonyl (C=O) groups excluding carboxylic acids is 1. The minimum atomic E-state index is -0.517. The van der Waals surface area contributed by atoms with E-state index in [2.05, 4.69) is 32.6 Å². The first-order valence-corrected chi connectivity index (χ1v) is 12.1.